The van der Waals surface area contributed by atoms with Gasteiger partial charge in [-0.1, -0.05) is 0 Å². The van der Waals surface area contributed by atoms with Crippen molar-refractivity contribution in [2.75, 3.05) is 0 Å². The molecule has 4 nitrogen and oxygen atoms in total. The molecule has 2 N–H and O–H groups in total. The highest BCUT2D eigenvalue weighted by Crippen LogP contribution is 2.05. The van der Waals surface area contributed by atoms with Crippen molar-refractivity contribution in [2.45, 2.75) is 52.6 Å². The van der Waals surface area contributed by atoms with Crippen molar-refractivity contribution < 1.29 is 8.42 Å². The molecule has 0 aliphatic carbocycles. The van der Waals surface area contributed by atoms with Crippen molar-refractivity contribution in [3.05, 3.63) is 0 Å². The molecule has 13 heavy (non-hydrogen) atoms. The second kappa shape index (κ2) is 3.55. The Morgan fingerprint density at radius 2 is 1.00 bits per heavy atom. The molecule has 0 spiro atoms. The molecule has 0 amide bonds. The zero-order valence-electron chi connectivity index (χ0n) is 9.22. The third-order valence-electron chi connectivity index (χ3n) is 0.881. The molecular formula is C8H20N2O2S. The predicted octanol–water partition coefficient (Wildman–Crippen LogP) is 1.01. The lowest BCUT2D eigenvalue weighted by Crippen LogP contribution is -2.52. The first-order valence-electron chi connectivity index (χ1n) is 4.24. The fourth-order valence-electron chi connectivity index (χ4n) is 0.832. The van der Waals surface area contributed by atoms with E-state index in [1.54, 1.807) is 41.5 Å². The zero-order chi connectivity index (χ0) is 10.9. The van der Waals surface area contributed by atoms with E-state index in [1.165, 1.54) is 0 Å². The highest BCUT2D eigenvalue weighted by molar-refractivity contribution is 7.87. The molecule has 0 atom stereocenters. The number of rotatable bonds is 2. The van der Waals surface area contributed by atoms with E-state index in [0.717, 1.165) is 0 Å². The van der Waals surface area contributed by atoms with E-state index in [2.05, 4.69) is 9.44 Å². The van der Waals surface area contributed by atoms with Crippen LogP contribution in [-0.2, 0) is 10.2 Å². The molecule has 0 bridgehead atoms. The van der Waals surface area contributed by atoms with Gasteiger partial charge >= 0.3 is 0 Å². The molecule has 0 fully saturated rings. The Balaban J connectivity index is 4.46. The molecule has 0 aromatic rings. The summed E-state index contributed by atoms with van der Waals surface area (Å²) in [6.45, 7) is 10.8. The first kappa shape index (κ1) is 12.9. The van der Waals surface area contributed by atoms with Crippen molar-refractivity contribution in [1.29, 1.82) is 0 Å². The van der Waals surface area contributed by atoms with Crippen molar-refractivity contribution >= 4 is 10.2 Å². The van der Waals surface area contributed by atoms with Gasteiger partial charge in [0.2, 0.25) is 0 Å². The van der Waals surface area contributed by atoms with E-state index in [-0.39, 0.29) is 0 Å². The van der Waals surface area contributed by atoms with Gasteiger partial charge in [0.1, 0.15) is 0 Å². The average Bonchev–Trinajstić information content (AvgIpc) is 1.43. The first-order valence-corrected chi connectivity index (χ1v) is 5.72. The third-order valence-corrected chi connectivity index (χ3v) is 2.64. The van der Waals surface area contributed by atoms with Crippen LogP contribution in [0.5, 0.6) is 0 Å². The van der Waals surface area contributed by atoms with Gasteiger partial charge in [0, 0.05) is 11.1 Å². The molecule has 0 saturated carbocycles. The molecule has 0 aliphatic heterocycles. The lowest BCUT2D eigenvalue weighted by atomic mass is 10.1. The second-order valence-corrected chi connectivity index (χ2v) is 6.62. The fraction of sp³-hybridized carbons (Fsp3) is 1.00. The van der Waals surface area contributed by atoms with Crippen LogP contribution in [0.3, 0.4) is 0 Å². The summed E-state index contributed by atoms with van der Waals surface area (Å²) < 4.78 is 27.9. The Hall–Kier alpha value is -0.130. The van der Waals surface area contributed by atoms with Gasteiger partial charge in [0.05, 0.1) is 0 Å². The fourth-order valence-corrected chi connectivity index (χ4v) is 2.50. The van der Waals surface area contributed by atoms with Crippen molar-refractivity contribution in [1.82, 2.24) is 9.44 Å². The standard InChI is InChI=1S/C8H20N2O2S/c1-7(2,3)9-13(11,12)10-8(4,5)6/h9-10H,1-6H3. The minimum atomic E-state index is -3.40. The van der Waals surface area contributed by atoms with Crippen LogP contribution in [0.25, 0.3) is 0 Å². The zero-order valence-corrected chi connectivity index (χ0v) is 10.0. The second-order valence-electron chi connectivity index (χ2n) is 5.21. The monoisotopic (exact) mass is 208 g/mol. The number of hydrogen-bond acceptors (Lipinski definition) is 2. The largest absolute Gasteiger partial charge is 0.277 e. The molecule has 0 heterocycles. The maximum absolute atomic E-state index is 11.4. The summed E-state index contributed by atoms with van der Waals surface area (Å²) in [6, 6.07) is 0. The molecule has 0 rings (SSSR count). The van der Waals surface area contributed by atoms with Crippen LogP contribution in [0.4, 0.5) is 0 Å². The molecule has 0 saturated heterocycles. The Morgan fingerprint density at radius 1 is 0.769 bits per heavy atom. The van der Waals surface area contributed by atoms with Crippen LogP contribution < -0.4 is 9.44 Å². The highest BCUT2D eigenvalue weighted by atomic mass is 32.2. The van der Waals surface area contributed by atoms with Crippen molar-refractivity contribution in [2.24, 2.45) is 0 Å². The minimum absolute atomic E-state index is 0.447. The molecule has 0 aromatic carbocycles. The SMILES string of the molecule is CC(C)(C)NS(=O)(=O)NC(C)(C)C. The summed E-state index contributed by atoms with van der Waals surface area (Å²) in [6.07, 6.45) is 0. The summed E-state index contributed by atoms with van der Waals surface area (Å²) in [5.74, 6) is 0. The molecule has 5 heteroatoms. The topological polar surface area (TPSA) is 58.2 Å². The summed E-state index contributed by atoms with van der Waals surface area (Å²) in [7, 11) is -3.40. The van der Waals surface area contributed by atoms with Gasteiger partial charge in [-0.3, -0.25) is 0 Å². The van der Waals surface area contributed by atoms with Crippen LogP contribution in [0.2, 0.25) is 0 Å². The van der Waals surface area contributed by atoms with Crippen LogP contribution in [0, 0.1) is 0 Å². The lowest BCUT2D eigenvalue weighted by molar-refractivity contribution is 0.450. The van der Waals surface area contributed by atoms with Gasteiger partial charge < -0.3 is 0 Å². The van der Waals surface area contributed by atoms with Crippen LogP contribution in [0.1, 0.15) is 41.5 Å². The van der Waals surface area contributed by atoms with Gasteiger partial charge in [-0.15, -0.1) is 0 Å². The smallest absolute Gasteiger partial charge is 0.197 e. The maximum Gasteiger partial charge on any atom is 0.277 e. The normalized spacial score (nSPS) is 14.6. The van der Waals surface area contributed by atoms with Gasteiger partial charge in [-0.2, -0.15) is 17.9 Å². The number of hydrogen-bond donors (Lipinski definition) is 2. The molecule has 0 unspecified atom stereocenters. The maximum atomic E-state index is 11.4. The summed E-state index contributed by atoms with van der Waals surface area (Å²) >= 11 is 0. The Bertz CT molecular complexity index is 235. The highest BCUT2D eigenvalue weighted by Gasteiger charge is 2.24. The van der Waals surface area contributed by atoms with Gasteiger partial charge in [0.25, 0.3) is 10.2 Å². The van der Waals surface area contributed by atoms with Crippen LogP contribution in [0.15, 0.2) is 0 Å². The van der Waals surface area contributed by atoms with Crippen LogP contribution in [-0.4, -0.2) is 19.5 Å². The minimum Gasteiger partial charge on any atom is -0.197 e. The lowest BCUT2D eigenvalue weighted by Gasteiger charge is -2.25. The van der Waals surface area contributed by atoms with Crippen molar-refractivity contribution in [3.63, 3.8) is 0 Å². The third kappa shape index (κ3) is 8.21. The van der Waals surface area contributed by atoms with E-state index >= 15 is 0 Å². The van der Waals surface area contributed by atoms with E-state index in [9.17, 15) is 8.42 Å². The molecule has 0 aliphatic rings. The summed E-state index contributed by atoms with van der Waals surface area (Å²) in [4.78, 5) is 0. The average molecular weight is 208 g/mol. The summed E-state index contributed by atoms with van der Waals surface area (Å²) in [5.41, 5.74) is -0.895. The predicted molar refractivity (Wildman–Crippen MR) is 54.7 cm³/mol. The van der Waals surface area contributed by atoms with Crippen LogP contribution >= 0.6 is 0 Å². The molecule has 80 valence electrons. The summed E-state index contributed by atoms with van der Waals surface area (Å²) in [5, 5.41) is 0. The Morgan fingerprint density at radius 3 is 1.15 bits per heavy atom. The van der Waals surface area contributed by atoms with Gasteiger partial charge in [-0.05, 0) is 41.5 Å². The first-order chi connectivity index (χ1) is 5.41. The Labute approximate surface area is 81.3 Å². The van der Waals surface area contributed by atoms with Gasteiger partial charge in [0.15, 0.2) is 0 Å². The molecular weight excluding hydrogens is 188 g/mol. The van der Waals surface area contributed by atoms with E-state index in [4.69, 9.17) is 0 Å². The molecule has 0 aromatic heterocycles. The molecule has 0 radical (unpaired) electrons. The quantitative estimate of drug-likeness (QED) is 0.711. The van der Waals surface area contributed by atoms with E-state index in [1.807, 2.05) is 0 Å². The number of nitrogens with one attached hydrogen (secondary N) is 2. The van der Waals surface area contributed by atoms with E-state index < -0.39 is 21.3 Å². The van der Waals surface area contributed by atoms with E-state index in [0.29, 0.717) is 0 Å². The Kier molecular flexibility index (Phi) is 3.52. The van der Waals surface area contributed by atoms with Crippen molar-refractivity contribution in [3.8, 4) is 0 Å². The van der Waals surface area contributed by atoms with Gasteiger partial charge in [-0.25, -0.2) is 0 Å².